The molecule has 32 heavy (non-hydrogen) atoms. The number of aromatic carboxylic acids is 1. The molecular weight excluding hydrogens is 406 g/mol. The van der Waals surface area contributed by atoms with Crippen LogP contribution in [-0.2, 0) is 0 Å². The minimum absolute atomic E-state index is 0.0400. The number of nitrogens with zero attached hydrogens (tertiary/aromatic N) is 5. The topological polar surface area (TPSA) is 109 Å². The highest BCUT2D eigenvalue weighted by Gasteiger charge is 2.17. The molecule has 0 spiro atoms. The summed E-state index contributed by atoms with van der Waals surface area (Å²) >= 11 is 0. The third kappa shape index (κ3) is 4.29. The first kappa shape index (κ1) is 21.0. The largest absolute Gasteiger partial charge is 0.478 e. The Morgan fingerprint density at radius 1 is 1.06 bits per heavy atom. The van der Waals surface area contributed by atoms with E-state index in [0.717, 1.165) is 28.2 Å². The second-order valence-corrected chi connectivity index (χ2v) is 7.44. The third-order valence-corrected chi connectivity index (χ3v) is 5.23. The lowest BCUT2D eigenvalue weighted by atomic mass is 10.0. The molecule has 0 unspecified atom stereocenters. The van der Waals surface area contributed by atoms with E-state index in [9.17, 15) is 14.7 Å². The van der Waals surface area contributed by atoms with E-state index >= 15 is 0 Å². The van der Waals surface area contributed by atoms with Gasteiger partial charge in [0.15, 0.2) is 5.78 Å². The van der Waals surface area contributed by atoms with E-state index in [2.05, 4.69) is 20.4 Å². The van der Waals surface area contributed by atoms with Gasteiger partial charge in [0.25, 0.3) is 0 Å². The van der Waals surface area contributed by atoms with Crippen molar-refractivity contribution in [3.05, 3.63) is 88.2 Å². The Bertz CT molecular complexity index is 1260. The molecule has 8 nitrogen and oxygen atoms in total. The predicted molar refractivity (Wildman–Crippen MR) is 122 cm³/mol. The summed E-state index contributed by atoms with van der Waals surface area (Å²) < 4.78 is 1.83. The summed E-state index contributed by atoms with van der Waals surface area (Å²) in [5.74, 6) is -1.24. The van der Waals surface area contributed by atoms with Crippen LogP contribution in [0.1, 0.15) is 43.2 Å². The fraction of sp³-hybridized carbons (Fsp3) is 0.167. The minimum atomic E-state index is -1.04. The normalized spacial score (nSPS) is 13.0. The first-order valence-electron chi connectivity index (χ1n) is 10.0. The quantitative estimate of drug-likeness (QED) is 0.449. The number of ketones is 1. The number of aryl methyl sites for hydroxylation is 2. The minimum Gasteiger partial charge on any atom is -0.478 e. The van der Waals surface area contributed by atoms with Crippen molar-refractivity contribution in [1.82, 2.24) is 4.57 Å². The second-order valence-electron chi connectivity index (χ2n) is 7.44. The Morgan fingerprint density at radius 3 is 2.41 bits per heavy atom. The molecule has 1 aliphatic heterocycles. The zero-order chi connectivity index (χ0) is 22.7. The Kier molecular flexibility index (Phi) is 5.85. The highest BCUT2D eigenvalue weighted by molar-refractivity contribution is 6.03. The van der Waals surface area contributed by atoms with Crippen molar-refractivity contribution in [2.45, 2.75) is 13.8 Å². The first-order valence-corrected chi connectivity index (χ1v) is 10.0. The maximum atomic E-state index is 12.7. The molecule has 0 atom stereocenters. The number of hydrogen-bond acceptors (Lipinski definition) is 6. The Hall–Kier alpha value is -4.20. The number of carboxylic acids is 1. The molecule has 3 aromatic rings. The molecule has 1 N–H and O–H groups in total. The number of carboxylic acid groups (broad SMARTS) is 1. The lowest BCUT2D eigenvalue weighted by molar-refractivity contribution is 0.0696. The lowest BCUT2D eigenvalue weighted by Gasteiger charge is -2.14. The van der Waals surface area contributed by atoms with Crippen LogP contribution in [0.25, 0.3) is 5.69 Å². The van der Waals surface area contributed by atoms with Crippen LogP contribution in [0.3, 0.4) is 0 Å². The molecule has 0 saturated heterocycles. The zero-order valence-electron chi connectivity index (χ0n) is 17.7. The van der Waals surface area contributed by atoms with Crippen LogP contribution < -0.4 is 0 Å². The summed E-state index contributed by atoms with van der Waals surface area (Å²) in [6.07, 6.45) is 1.64. The second kappa shape index (κ2) is 8.89. The number of aliphatic imine (C=N–C) groups is 1. The molecule has 0 radical (unpaired) electrons. The number of aromatic nitrogens is 1. The number of carbonyl (C=O) groups excluding carboxylic acids is 1. The Balaban J connectivity index is 1.51. The van der Waals surface area contributed by atoms with Crippen LogP contribution in [0.2, 0.25) is 0 Å². The van der Waals surface area contributed by atoms with Gasteiger partial charge in [-0.05, 0) is 54.5 Å². The van der Waals surface area contributed by atoms with Gasteiger partial charge >= 0.3 is 5.97 Å². The van der Waals surface area contributed by atoms with E-state index in [1.807, 2.05) is 54.8 Å². The van der Waals surface area contributed by atoms with Crippen molar-refractivity contribution < 1.29 is 14.7 Å². The van der Waals surface area contributed by atoms with Crippen LogP contribution in [-0.4, -0.2) is 46.4 Å². The van der Waals surface area contributed by atoms with Gasteiger partial charge in [0, 0.05) is 23.2 Å². The van der Waals surface area contributed by atoms with Crippen LogP contribution >= 0.6 is 0 Å². The Labute approximate surface area is 184 Å². The zero-order valence-corrected chi connectivity index (χ0v) is 17.7. The average molecular weight is 427 g/mol. The van der Waals surface area contributed by atoms with E-state index in [4.69, 9.17) is 0 Å². The third-order valence-electron chi connectivity index (χ3n) is 5.23. The van der Waals surface area contributed by atoms with Crippen LogP contribution in [0.5, 0.6) is 0 Å². The molecule has 160 valence electrons. The molecule has 0 bridgehead atoms. The van der Waals surface area contributed by atoms with E-state index in [0.29, 0.717) is 17.8 Å². The molecular formula is C24H21N5O3. The van der Waals surface area contributed by atoms with Crippen LogP contribution in [0.4, 0.5) is 0 Å². The predicted octanol–water partition coefficient (Wildman–Crippen LogP) is 4.26. The van der Waals surface area contributed by atoms with Crippen molar-refractivity contribution in [3.8, 4) is 5.69 Å². The van der Waals surface area contributed by atoms with Crippen LogP contribution in [0, 0.1) is 13.8 Å². The van der Waals surface area contributed by atoms with Crippen molar-refractivity contribution in [2.24, 2.45) is 20.4 Å². The molecule has 2 heterocycles. The highest BCUT2D eigenvalue weighted by atomic mass is 16.4. The summed E-state index contributed by atoms with van der Waals surface area (Å²) in [5, 5.41) is 21.0. The molecule has 8 heteroatoms. The maximum absolute atomic E-state index is 12.7. The highest BCUT2D eigenvalue weighted by Crippen LogP contribution is 2.22. The summed E-state index contributed by atoms with van der Waals surface area (Å²) in [6.45, 7) is 4.23. The van der Waals surface area contributed by atoms with E-state index in [1.165, 1.54) is 12.1 Å². The molecule has 0 aliphatic carbocycles. The monoisotopic (exact) mass is 427 g/mol. The lowest BCUT2D eigenvalue weighted by Crippen LogP contribution is -2.11. The smallest absolute Gasteiger partial charge is 0.337 e. The molecule has 0 amide bonds. The van der Waals surface area contributed by atoms with Gasteiger partial charge < -0.3 is 9.67 Å². The first-order chi connectivity index (χ1) is 15.4. The van der Waals surface area contributed by atoms with Crippen molar-refractivity contribution in [1.29, 1.82) is 0 Å². The molecule has 1 aromatic heterocycles. The fourth-order valence-corrected chi connectivity index (χ4v) is 3.57. The number of Topliss-reactive ketones (excluding diaryl/α,β-unsaturated/α-hetero) is 1. The number of hydrogen-bond donors (Lipinski definition) is 1. The molecule has 2 aromatic carbocycles. The van der Waals surface area contributed by atoms with E-state index in [-0.39, 0.29) is 17.9 Å². The van der Waals surface area contributed by atoms with Crippen LogP contribution in [0.15, 0.2) is 75.0 Å². The van der Waals surface area contributed by atoms with Gasteiger partial charge in [-0.1, -0.05) is 30.3 Å². The van der Waals surface area contributed by atoms with Gasteiger partial charge in [0.2, 0.25) is 0 Å². The molecule has 0 fully saturated rings. The van der Waals surface area contributed by atoms with Crippen molar-refractivity contribution in [2.75, 3.05) is 13.1 Å². The van der Waals surface area contributed by atoms with E-state index in [1.54, 1.807) is 12.3 Å². The summed E-state index contributed by atoms with van der Waals surface area (Å²) in [7, 11) is 0. The number of benzene rings is 2. The SMILES string of the molecule is Cc1ccc(C)n1-c1cc(C(=O)CN=Cc2ccc(C3=NN=NC3)cc2)ccc1C(=O)O. The average Bonchev–Trinajstić information content (AvgIpc) is 3.43. The number of carbonyl (C=O) groups is 2. The standard InChI is InChI=1S/C24H21N5O3/c1-15-3-4-16(2)29(15)22-11-19(9-10-20(22)24(31)32)23(30)14-25-12-17-5-7-18(8-6-17)21-13-26-28-27-21/h3-12H,13-14H2,1-2H3,(H,31,32). The number of rotatable bonds is 7. The van der Waals surface area contributed by atoms with Gasteiger partial charge in [-0.3, -0.25) is 9.79 Å². The van der Waals surface area contributed by atoms with Gasteiger partial charge in [-0.15, -0.1) is 5.10 Å². The summed E-state index contributed by atoms with van der Waals surface area (Å²) in [4.78, 5) is 28.7. The van der Waals surface area contributed by atoms with Crippen molar-refractivity contribution >= 4 is 23.7 Å². The van der Waals surface area contributed by atoms with Gasteiger partial charge in [0.05, 0.1) is 17.0 Å². The molecule has 1 aliphatic rings. The van der Waals surface area contributed by atoms with Gasteiger partial charge in [-0.2, -0.15) is 5.11 Å². The summed E-state index contributed by atoms with van der Waals surface area (Å²) in [6, 6.07) is 16.1. The summed E-state index contributed by atoms with van der Waals surface area (Å²) in [5.41, 5.74) is 5.42. The Morgan fingerprint density at radius 2 is 1.78 bits per heavy atom. The van der Waals surface area contributed by atoms with E-state index < -0.39 is 5.97 Å². The van der Waals surface area contributed by atoms with Crippen molar-refractivity contribution in [3.63, 3.8) is 0 Å². The fourth-order valence-electron chi connectivity index (χ4n) is 3.57. The van der Waals surface area contributed by atoms with Gasteiger partial charge in [0.1, 0.15) is 13.1 Å². The maximum Gasteiger partial charge on any atom is 0.337 e. The molecule has 0 saturated carbocycles. The molecule has 4 rings (SSSR count). The van der Waals surface area contributed by atoms with Gasteiger partial charge in [-0.25, -0.2) is 4.79 Å².